The SMILES string of the molecule is O=C1CCC(C(=O)Nc2cccc(F)n2)N1. The van der Waals surface area contributed by atoms with Crippen LogP contribution in [-0.4, -0.2) is 22.8 Å². The third-order valence-electron chi connectivity index (χ3n) is 2.28. The van der Waals surface area contributed by atoms with Crippen molar-refractivity contribution in [3.63, 3.8) is 0 Å². The maximum absolute atomic E-state index is 12.7. The highest BCUT2D eigenvalue weighted by molar-refractivity contribution is 5.98. The number of hydrogen-bond donors (Lipinski definition) is 2. The molecule has 0 bridgehead atoms. The van der Waals surface area contributed by atoms with Gasteiger partial charge in [-0.25, -0.2) is 4.98 Å². The largest absolute Gasteiger partial charge is 0.344 e. The lowest BCUT2D eigenvalue weighted by Crippen LogP contribution is -2.37. The molecule has 2 amide bonds. The summed E-state index contributed by atoms with van der Waals surface area (Å²) in [6, 6.07) is 3.58. The first-order valence-corrected chi connectivity index (χ1v) is 4.88. The molecule has 2 N–H and O–H groups in total. The zero-order valence-corrected chi connectivity index (χ0v) is 8.37. The number of pyridine rings is 1. The minimum absolute atomic E-state index is 0.145. The Bertz CT molecular complexity index is 436. The van der Waals surface area contributed by atoms with Gasteiger partial charge in [0.1, 0.15) is 11.9 Å². The molecule has 6 heteroatoms. The number of halogens is 1. The molecular weight excluding hydrogens is 213 g/mol. The standard InChI is InChI=1S/C10H10FN3O2/c11-7-2-1-3-8(13-7)14-10(16)6-4-5-9(15)12-6/h1-3,6H,4-5H2,(H,12,15)(H,13,14,16). The lowest BCUT2D eigenvalue weighted by atomic mass is 10.2. The van der Waals surface area contributed by atoms with Crippen LogP contribution in [0.3, 0.4) is 0 Å². The lowest BCUT2D eigenvalue weighted by molar-refractivity contribution is -0.122. The van der Waals surface area contributed by atoms with Gasteiger partial charge in [-0.3, -0.25) is 9.59 Å². The minimum atomic E-state index is -0.659. The molecule has 84 valence electrons. The Hall–Kier alpha value is -1.98. The van der Waals surface area contributed by atoms with Crippen LogP contribution in [0.15, 0.2) is 18.2 Å². The molecule has 0 spiro atoms. The Labute approximate surface area is 91.1 Å². The Morgan fingerprint density at radius 3 is 3.00 bits per heavy atom. The second kappa shape index (κ2) is 4.26. The number of carbonyl (C=O) groups is 2. The molecule has 1 saturated heterocycles. The molecule has 0 saturated carbocycles. The van der Waals surface area contributed by atoms with Crippen LogP contribution in [0.1, 0.15) is 12.8 Å². The summed E-state index contributed by atoms with van der Waals surface area (Å²) >= 11 is 0. The van der Waals surface area contributed by atoms with Gasteiger partial charge in [-0.2, -0.15) is 4.39 Å². The van der Waals surface area contributed by atoms with E-state index in [0.717, 1.165) is 0 Å². The molecule has 2 rings (SSSR count). The van der Waals surface area contributed by atoms with Crippen molar-refractivity contribution in [2.75, 3.05) is 5.32 Å². The number of nitrogens with zero attached hydrogens (tertiary/aromatic N) is 1. The average Bonchev–Trinajstić information content (AvgIpc) is 2.65. The van der Waals surface area contributed by atoms with E-state index in [1.165, 1.54) is 18.2 Å². The van der Waals surface area contributed by atoms with E-state index in [9.17, 15) is 14.0 Å². The quantitative estimate of drug-likeness (QED) is 0.714. The van der Waals surface area contributed by atoms with E-state index < -0.39 is 12.0 Å². The van der Waals surface area contributed by atoms with Crippen LogP contribution >= 0.6 is 0 Å². The fraction of sp³-hybridized carbons (Fsp3) is 0.300. The summed E-state index contributed by atoms with van der Waals surface area (Å²) in [6.07, 6.45) is 0.800. The van der Waals surface area contributed by atoms with Gasteiger partial charge in [0.15, 0.2) is 0 Å². The third-order valence-corrected chi connectivity index (χ3v) is 2.28. The van der Waals surface area contributed by atoms with Crippen molar-refractivity contribution in [2.45, 2.75) is 18.9 Å². The van der Waals surface area contributed by atoms with E-state index in [2.05, 4.69) is 15.6 Å². The van der Waals surface area contributed by atoms with Crippen molar-refractivity contribution in [1.29, 1.82) is 0 Å². The van der Waals surface area contributed by atoms with Crippen molar-refractivity contribution in [1.82, 2.24) is 10.3 Å². The highest BCUT2D eigenvalue weighted by atomic mass is 19.1. The minimum Gasteiger partial charge on any atom is -0.344 e. The third kappa shape index (κ3) is 2.33. The van der Waals surface area contributed by atoms with Crippen LogP contribution in [0.2, 0.25) is 0 Å². The Morgan fingerprint density at radius 1 is 1.56 bits per heavy atom. The van der Waals surface area contributed by atoms with Crippen molar-refractivity contribution >= 4 is 17.6 Å². The number of amides is 2. The fourth-order valence-corrected chi connectivity index (χ4v) is 1.50. The van der Waals surface area contributed by atoms with Crippen molar-refractivity contribution < 1.29 is 14.0 Å². The summed E-state index contributed by atoms with van der Waals surface area (Å²) in [7, 11) is 0. The monoisotopic (exact) mass is 223 g/mol. The highest BCUT2D eigenvalue weighted by Crippen LogP contribution is 2.10. The summed E-state index contributed by atoms with van der Waals surface area (Å²) in [4.78, 5) is 26.0. The van der Waals surface area contributed by atoms with E-state index in [1.807, 2.05) is 0 Å². The molecule has 16 heavy (non-hydrogen) atoms. The van der Waals surface area contributed by atoms with Crippen LogP contribution in [0.4, 0.5) is 10.2 Å². The van der Waals surface area contributed by atoms with Crippen LogP contribution in [-0.2, 0) is 9.59 Å². The van der Waals surface area contributed by atoms with Crippen molar-refractivity contribution in [2.24, 2.45) is 0 Å². The lowest BCUT2D eigenvalue weighted by Gasteiger charge is -2.09. The van der Waals surface area contributed by atoms with Gasteiger partial charge in [-0.05, 0) is 18.6 Å². The van der Waals surface area contributed by atoms with Gasteiger partial charge >= 0.3 is 0 Å². The topological polar surface area (TPSA) is 71.1 Å². The number of rotatable bonds is 2. The van der Waals surface area contributed by atoms with Gasteiger partial charge in [0.2, 0.25) is 17.8 Å². The molecule has 1 aromatic rings. The number of aromatic nitrogens is 1. The smallest absolute Gasteiger partial charge is 0.248 e. The van der Waals surface area contributed by atoms with E-state index in [-0.39, 0.29) is 17.6 Å². The maximum Gasteiger partial charge on any atom is 0.248 e. The molecule has 1 aliphatic rings. The molecule has 1 unspecified atom stereocenters. The molecule has 5 nitrogen and oxygen atoms in total. The van der Waals surface area contributed by atoms with Gasteiger partial charge in [-0.1, -0.05) is 6.07 Å². The Morgan fingerprint density at radius 2 is 2.38 bits per heavy atom. The first-order valence-electron chi connectivity index (χ1n) is 4.88. The molecule has 1 atom stereocenters. The molecule has 0 radical (unpaired) electrons. The molecule has 0 aromatic carbocycles. The fourth-order valence-electron chi connectivity index (χ4n) is 1.50. The molecule has 1 aliphatic heterocycles. The molecular formula is C10H10FN3O2. The zero-order valence-electron chi connectivity index (χ0n) is 8.37. The highest BCUT2D eigenvalue weighted by Gasteiger charge is 2.27. The number of nitrogens with one attached hydrogen (secondary N) is 2. The predicted molar refractivity (Wildman–Crippen MR) is 54.0 cm³/mol. The van der Waals surface area contributed by atoms with E-state index in [1.54, 1.807) is 0 Å². The first kappa shape index (κ1) is 10.5. The van der Waals surface area contributed by atoms with Crippen LogP contribution < -0.4 is 10.6 Å². The van der Waals surface area contributed by atoms with Crippen LogP contribution in [0.25, 0.3) is 0 Å². The number of hydrogen-bond acceptors (Lipinski definition) is 3. The number of anilines is 1. The number of carbonyl (C=O) groups excluding carboxylic acids is 2. The van der Waals surface area contributed by atoms with E-state index in [0.29, 0.717) is 12.8 Å². The van der Waals surface area contributed by atoms with Crippen molar-refractivity contribution in [3.8, 4) is 0 Å². The Kier molecular flexibility index (Phi) is 2.80. The van der Waals surface area contributed by atoms with Gasteiger partial charge in [-0.15, -0.1) is 0 Å². The van der Waals surface area contributed by atoms with Gasteiger partial charge in [0.05, 0.1) is 0 Å². The average molecular weight is 223 g/mol. The first-order chi connectivity index (χ1) is 7.65. The second-order valence-corrected chi connectivity index (χ2v) is 3.49. The molecule has 2 heterocycles. The molecule has 0 aliphatic carbocycles. The maximum atomic E-state index is 12.7. The van der Waals surface area contributed by atoms with E-state index in [4.69, 9.17) is 0 Å². The van der Waals surface area contributed by atoms with Crippen LogP contribution in [0, 0.1) is 5.95 Å². The van der Waals surface area contributed by atoms with Gasteiger partial charge < -0.3 is 10.6 Å². The molecule has 1 fully saturated rings. The summed E-state index contributed by atoms with van der Waals surface area (Å²) < 4.78 is 12.7. The van der Waals surface area contributed by atoms with Crippen molar-refractivity contribution in [3.05, 3.63) is 24.1 Å². The summed E-state index contributed by atoms with van der Waals surface area (Å²) in [5, 5.41) is 4.96. The van der Waals surface area contributed by atoms with Crippen LogP contribution in [0.5, 0.6) is 0 Å². The van der Waals surface area contributed by atoms with E-state index >= 15 is 0 Å². The van der Waals surface area contributed by atoms with Gasteiger partial charge in [0.25, 0.3) is 0 Å². The second-order valence-electron chi connectivity index (χ2n) is 3.49. The van der Waals surface area contributed by atoms with Gasteiger partial charge in [0, 0.05) is 6.42 Å². The summed E-state index contributed by atoms with van der Waals surface area (Å²) in [5.41, 5.74) is 0. The summed E-state index contributed by atoms with van der Waals surface area (Å²) in [6.45, 7) is 0. The zero-order chi connectivity index (χ0) is 11.5. The summed E-state index contributed by atoms with van der Waals surface area (Å²) in [5.74, 6) is -1.03. The Balaban J connectivity index is 1.99. The predicted octanol–water partition coefficient (Wildman–Crippen LogP) is 0.438. The molecule has 1 aromatic heterocycles. The normalized spacial score (nSPS) is 19.3.